The molecule has 1 saturated carbocycles. The van der Waals surface area contributed by atoms with Gasteiger partial charge in [0.1, 0.15) is 0 Å². The fourth-order valence-electron chi connectivity index (χ4n) is 3.30. The second-order valence-electron chi connectivity index (χ2n) is 5.92. The van der Waals surface area contributed by atoms with Crippen LogP contribution in [0.25, 0.3) is 0 Å². The number of rotatable bonds is 2. The number of nitrogens with zero attached hydrogens (tertiary/aromatic N) is 2. The maximum atomic E-state index is 12.0. The zero-order valence-corrected chi connectivity index (χ0v) is 12.7. The molecule has 0 spiro atoms. The van der Waals surface area contributed by atoms with Crippen molar-refractivity contribution < 1.29 is 8.42 Å². The van der Waals surface area contributed by atoms with Crippen LogP contribution in [0.3, 0.4) is 0 Å². The predicted molar refractivity (Wildman–Crippen MR) is 80.1 cm³/mol. The highest BCUT2D eigenvalue weighted by Gasteiger charge is 2.37. The summed E-state index contributed by atoms with van der Waals surface area (Å²) in [6.07, 6.45) is 3.96. The van der Waals surface area contributed by atoms with E-state index in [0.717, 1.165) is 31.4 Å². The van der Waals surface area contributed by atoms with E-state index in [-0.39, 0.29) is 0 Å². The van der Waals surface area contributed by atoms with Crippen molar-refractivity contribution in [3.63, 3.8) is 0 Å². The van der Waals surface area contributed by atoms with Gasteiger partial charge in [0, 0.05) is 31.6 Å². The maximum absolute atomic E-state index is 12.0. The predicted octanol–water partition coefficient (Wildman–Crippen LogP) is 2.06. The first kappa shape index (κ1) is 13.8. The minimum absolute atomic E-state index is 0.290. The van der Waals surface area contributed by atoms with Crippen LogP contribution >= 0.6 is 0 Å². The summed E-state index contributed by atoms with van der Waals surface area (Å²) in [6, 6.07) is 8.44. The molecule has 2 aliphatic carbocycles. The van der Waals surface area contributed by atoms with Crippen molar-refractivity contribution in [2.24, 2.45) is 16.2 Å². The first-order valence-corrected chi connectivity index (χ1v) is 8.46. The zero-order chi connectivity index (χ0) is 14.3. The summed E-state index contributed by atoms with van der Waals surface area (Å²) < 4.78 is 29.4. The highest BCUT2D eigenvalue weighted by molar-refractivity contribution is 7.87. The van der Waals surface area contributed by atoms with E-state index in [1.165, 1.54) is 29.5 Å². The number of hydrogen-bond donors (Lipinski definition) is 0. The molecule has 108 valence electrons. The zero-order valence-electron chi connectivity index (χ0n) is 11.9. The lowest BCUT2D eigenvalue weighted by atomic mass is 9.94. The number of hydrogen-bond acceptors (Lipinski definition) is 2. The van der Waals surface area contributed by atoms with Gasteiger partial charge in [-0.05, 0) is 36.8 Å². The smallest absolute Gasteiger partial charge is 0.189 e. The molecule has 2 aliphatic rings. The van der Waals surface area contributed by atoms with E-state index in [4.69, 9.17) is 0 Å². The van der Waals surface area contributed by atoms with Crippen LogP contribution < -0.4 is 0 Å². The fourth-order valence-corrected chi connectivity index (χ4v) is 4.02. The fraction of sp³-hybridized carbons (Fsp3) is 0.533. The Labute approximate surface area is 120 Å². The minimum Gasteiger partial charge on any atom is -0.189 e. The van der Waals surface area contributed by atoms with Gasteiger partial charge in [-0.1, -0.05) is 24.3 Å². The third-order valence-corrected chi connectivity index (χ3v) is 5.80. The Morgan fingerprint density at radius 1 is 1.05 bits per heavy atom. The second kappa shape index (κ2) is 4.97. The quantitative estimate of drug-likeness (QED) is 0.837. The van der Waals surface area contributed by atoms with Gasteiger partial charge in [-0.15, -0.1) is 0 Å². The van der Waals surface area contributed by atoms with Crippen molar-refractivity contribution in [1.29, 1.82) is 0 Å². The Hall–Kier alpha value is -1.20. The van der Waals surface area contributed by atoms with E-state index in [2.05, 4.69) is 28.7 Å². The molecule has 0 unspecified atom stereocenters. The van der Waals surface area contributed by atoms with Gasteiger partial charge in [0.05, 0.1) is 0 Å². The number of benzene rings is 1. The van der Waals surface area contributed by atoms with Crippen LogP contribution in [0.15, 0.2) is 28.7 Å². The highest BCUT2D eigenvalue weighted by atomic mass is 32.2. The van der Waals surface area contributed by atoms with Crippen LogP contribution in [0.5, 0.6) is 0 Å². The van der Waals surface area contributed by atoms with Crippen molar-refractivity contribution in [2.45, 2.75) is 25.7 Å². The molecule has 0 aliphatic heterocycles. The first-order valence-electron chi connectivity index (χ1n) is 7.06. The van der Waals surface area contributed by atoms with Crippen molar-refractivity contribution in [3.05, 3.63) is 35.4 Å². The topological polar surface area (TPSA) is 49.7 Å². The Balaban J connectivity index is 2.00. The SMILES string of the molecule is CN(C)S(=O)(=O)/N=C1/[C@@H]2CC[C@H]1Cc1ccccc1C2. The van der Waals surface area contributed by atoms with Crippen LogP contribution in [0.1, 0.15) is 24.0 Å². The molecule has 4 nitrogen and oxygen atoms in total. The van der Waals surface area contributed by atoms with Gasteiger partial charge in [0.15, 0.2) is 0 Å². The number of fused-ring (bicyclic) bond motifs is 3. The van der Waals surface area contributed by atoms with Crippen LogP contribution in [-0.2, 0) is 23.1 Å². The van der Waals surface area contributed by atoms with Crippen LogP contribution in [0, 0.1) is 11.8 Å². The molecule has 2 atom stereocenters. The molecule has 3 rings (SSSR count). The lowest BCUT2D eigenvalue weighted by Crippen LogP contribution is -2.24. The Morgan fingerprint density at radius 3 is 2.00 bits per heavy atom. The van der Waals surface area contributed by atoms with E-state index in [1.807, 2.05) is 0 Å². The summed E-state index contributed by atoms with van der Waals surface area (Å²) >= 11 is 0. The van der Waals surface area contributed by atoms with Gasteiger partial charge < -0.3 is 0 Å². The van der Waals surface area contributed by atoms with Gasteiger partial charge in [0.2, 0.25) is 0 Å². The third-order valence-electron chi connectivity index (χ3n) is 4.43. The molecule has 0 amide bonds. The molecule has 0 N–H and O–H groups in total. The van der Waals surface area contributed by atoms with Crippen LogP contribution in [-0.4, -0.2) is 32.5 Å². The molecule has 0 saturated heterocycles. The Bertz CT molecular complexity index is 615. The van der Waals surface area contributed by atoms with Crippen LogP contribution in [0.4, 0.5) is 0 Å². The second-order valence-corrected chi connectivity index (χ2v) is 7.73. The van der Waals surface area contributed by atoms with Crippen molar-refractivity contribution in [3.8, 4) is 0 Å². The molecule has 1 fully saturated rings. The van der Waals surface area contributed by atoms with Crippen molar-refractivity contribution in [1.82, 2.24) is 4.31 Å². The van der Waals surface area contributed by atoms with Crippen molar-refractivity contribution in [2.75, 3.05) is 14.1 Å². The minimum atomic E-state index is -3.51. The van der Waals surface area contributed by atoms with Gasteiger partial charge in [-0.3, -0.25) is 0 Å². The monoisotopic (exact) mass is 292 g/mol. The normalized spacial score (nSPS) is 27.6. The maximum Gasteiger partial charge on any atom is 0.321 e. The largest absolute Gasteiger partial charge is 0.321 e. The molecule has 5 heteroatoms. The Morgan fingerprint density at radius 2 is 1.55 bits per heavy atom. The lowest BCUT2D eigenvalue weighted by Gasteiger charge is -2.13. The summed E-state index contributed by atoms with van der Waals surface area (Å²) in [4.78, 5) is 0. The molecule has 1 aromatic rings. The summed E-state index contributed by atoms with van der Waals surface area (Å²) in [6.45, 7) is 0. The third kappa shape index (κ3) is 2.40. The molecule has 0 heterocycles. The summed E-state index contributed by atoms with van der Waals surface area (Å²) in [5, 5.41) is 0. The summed E-state index contributed by atoms with van der Waals surface area (Å²) in [5.74, 6) is 0.580. The molecular weight excluding hydrogens is 272 g/mol. The van der Waals surface area contributed by atoms with Gasteiger partial charge in [-0.25, -0.2) is 0 Å². The average Bonchev–Trinajstić information content (AvgIpc) is 2.65. The standard InChI is InChI=1S/C15H20N2O2S/c1-17(2)20(18,19)16-15-13-7-8-14(15)10-12-6-4-3-5-11(12)9-13/h3-6,13-14H,7-10H2,1-2H3/b16-15-/t13-,14+/m1/s1. The Kier molecular flexibility index (Phi) is 3.42. The molecule has 0 aromatic heterocycles. The molecule has 20 heavy (non-hydrogen) atoms. The van der Waals surface area contributed by atoms with E-state index in [1.54, 1.807) is 0 Å². The van der Waals surface area contributed by atoms with Gasteiger partial charge >= 0.3 is 10.2 Å². The molecule has 1 aromatic carbocycles. The van der Waals surface area contributed by atoms with Crippen molar-refractivity contribution >= 4 is 15.9 Å². The van der Waals surface area contributed by atoms with Gasteiger partial charge in [-0.2, -0.15) is 17.1 Å². The van der Waals surface area contributed by atoms with E-state index in [0.29, 0.717) is 11.8 Å². The lowest BCUT2D eigenvalue weighted by molar-refractivity contribution is 0.522. The summed E-state index contributed by atoms with van der Waals surface area (Å²) in [7, 11) is -0.437. The van der Waals surface area contributed by atoms with E-state index >= 15 is 0 Å². The van der Waals surface area contributed by atoms with E-state index < -0.39 is 10.2 Å². The molecule has 0 radical (unpaired) electrons. The first-order chi connectivity index (χ1) is 9.47. The van der Waals surface area contributed by atoms with E-state index in [9.17, 15) is 8.42 Å². The average molecular weight is 292 g/mol. The summed E-state index contributed by atoms with van der Waals surface area (Å²) in [5.41, 5.74) is 3.61. The molecular formula is C15H20N2O2S. The molecule has 2 bridgehead atoms. The highest BCUT2D eigenvalue weighted by Crippen LogP contribution is 2.38. The van der Waals surface area contributed by atoms with Crippen LogP contribution in [0.2, 0.25) is 0 Å². The van der Waals surface area contributed by atoms with Gasteiger partial charge in [0.25, 0.3) is 0 Å².